The second kappa shape index (κ2) is 5.90. The highest BCUT2D eigenvalue weighted by Crippen LogP contribution is 2.20. The topological polar surface area (TPSA) is 93.0 Å². The van der Waals surface area contributed by atoms with Crippen molar-refractivity contribution in [1.29, 1.82) is 0 Å². The normalized spacial score (nSPS) is 14.2. The monoisotopic (exact) mass is 268 g/mol. The van der Waals surface area contributed by atoms with E-state index < -0.39 is 11.5 Å². The van der Waals surface area contributed by atoms with Crippen molar-refractivity contribution in [2.24, 2.45) is 0 Å². The van der Waals surface area contributed by atoms with Crippen LogP contribution in [-0.4, -0.2) is 58.9 Å². The quantitative estimate of drug-likeness (QED) is 0.609. The van der Waals surface area contributed by atoms with Gasteiger partial charge in [-0.1, -0.05) is 0 Å². The van der Waals surface area contributed by atoms with E-state index in [1.807, 2.05) is 19.0 Å². The molecule has 0 aliphatic carbocycles. The summed E-state index contributed by atoms with van der Waals surface area (Å²) in [5.74, 6) is -0.847. The van der Waals surface area contributed by atoms with Crippen molar-refractivity contribution in [3.05, 3.63) is 23.8 Å². The molecule has 0 saturated heterocycles. The van der Waals surface area contributed by atoms with Gasteiger partial charge in [0.1, 0.15) is 11.5 Å². The minimum Gasteiger partial charge on any atom is -0.508 e. The number of aromatic hydroxyl groups is 2. The Morgan fingerprint density at radius 2 is 1.79 bits per heavy atom. The summed E-state index contributed by atoms with van der Waals surface area (Å²) in [6.07, 6.45) is 0. The van der Waals surface area contributed by atoms with Gasteiger partial charge < -0.3 is 25.5 Å². The summed E-state index contributed by atoms with van der Waals surface area (Å²) >= 11 is 0. The summed E-state index contributed by atoms with van der Waals surface area (Å²) in [7, 11) is 3.65. The number of hydrogen-bond donors (Lipinski definition) is 4. The van der Waals surface area contributed by atoms with E-state index in [4.69, 9.17) is 0 Å². The smallest absolute Gasteiger partial charge is 0.251 e. The van der Waals surface area contributed by atoms with E-state index in [0.29, 0.717) is 6.54 Å². The molecule has 1 aromatic rings. The molecule has 0 aliphatic heterocycles. The van der Waals surface area contributed by atoms with Gasteiger partial charge in [-0.15, -0.1) is 0 Å². The number of nitrogens with zero attached hydrogens (tertiary/aromatic N) is 1. The minimum absolute atomic E-state index is 0.0699. The van der Waals surface area contributed by atoms with Crippen LogP contribution in [-0.2, 0) is 0 Å². The molecule has 0 aromatic heterocycles. The predicted molar refractivity (Wildman–Crippen MR) is 71.3 cm³/mol. The fourth-order valence-electron chi connectivity index (χ4n) is 1.84. The molecule has 0 heterocycles. The maximum absolute atomic E-state index is 11.8. The number of amides is 1. The van der Waals surface area contributed by atoms with E-state index in [-0.39, 0.29) is 23.6 Å². The van der Waals surface area contributed by atoms with E-state index in [0.717, 1.165) is 6.07 Å². The van der Waals surface area contributed by atoms with Crippen molar-refractivity contribution in [2.45, 2.75) is 12.5 Å². The van der Waals surface area contributed by atoms with Crippen LogP contribution in [0.3, 0.4) is 0 Å². The largest absolute Gasteiger partial charge is 0.508 e. The number of aliphatic hydroxyl groups is 1. The fraction of sp³-hybridized carbons (Fsp3) is 0.462. The SMILES string of the molecule is CN(C)CC(C)(O)CNC(=O)c1cc(O)cc(O)c1. The Morgan fingerprint density at radius 3 is 2.26 bits per heavy atom. The van der Waals surface area contributed by atoms with Gasteiger partial charge in [-0.25, -0.2) is 0 Å². The molecule has 0 saturated carbocycles. The van der Waals surface area contributed by atoms with E-state index in [1.54, 1.807) is 6.92 Å². The van der Waals surface area contributed by atoms with Crippen LogP contribution in [0.5, 0.6) is 11.5 Å². The van der Waals surface area contributed by atoms with Gasteiger partial charge >= 0.3 is 0 Å². The van der Waals surface area contributed by atoms with Crippen molar-refractivity contribution in [3.8, 4) is 11.5 Å². The van der Waals surface area contributed by atoms with Crippen molar-refractivity contribution in [3.63, 3.8) is 0 Å². The summed E-state index contributed by atoms with van der Waals surface area (Å²) in [6.45, 7) is 2.09. The Balaban J connectivity index is 2.65. The first-order chi connectivity index (χ1) is 8.69. The Labute approximate surface area is 112 Å². The van der Waals surface area contributed by atoms with Crippen molar-refractivity contribution >= 4 is 5.91 Å². The van der Waals surface area contributed by atoms with Crippen LogP contribution in [0.1, 0.15) is 17.3 Å². The van der Waals surface area contributed by atoms with E-state index in [9.17, 15) is 20.1 Å². The van der Waals surface area contributed by atoms with Gasteiger partial charge in [0.2, 0.25) is 0 Å². The number of likely N-dealkylation sites (N-methyl/N-ethyl adjacent to an activating group) is 1. The van der Waals surface area contributed by atoms with Gasteiger partial charge in [-0.05, 0) is 33.2 Å². The van der Waals surface area contributed by atoms with Crippen LogP contribution in [0.15, 0.2) is 18.2 Å². The Kier molecular flexibility index (Phi) is 4.74. The lowest BCUT2D eigenvalue weighted by Gasteiger charge is -2.27. The maximum Gasteiger partial charge on any atom is 0.251 e. The first-order valence-corrected chi connectivity index (χ1v) is 5.88. The standard InChI is InChI=1S/C13H20N2O4/c1-13(19,8-15(2)3)7-14-12(18)9-4-10(16)6-11(17)5-9/h4-6,16-17,19H,7-8H2,1-3H3,(H,14,18). The summed E-state index contributed by atoms with van der Waals surface area (Å²) in [5, 5.41) is 31.2. The Bertz CT molecular complexity index is 438. The van der Waals surface area contributed by atoms with Gasteiger partial charge in [-0.3, -0.25) is 4.79 Å². The highest BCUT2D eigenvalue weighted by Gasteiger charge is 2.22. The molecule has 1 amide bonds. The molecule has 1 aromatic carbocycles. The average molecular weight is 268 g/mol. The lowest BCUT2D eigenvalue weighted by molar-refractivity contribution is 0.0326. The molecule has 6 heteroatoms. The second-order valence-corrected chi connectivity index (χ2v) is 5.16. The molecular formula is C13H20N2O4. The zero-order valence-corrected chi connectivity index (χ0v) is 11.3. The molecule has 0 radical (unpaired) electrons. The maximum atomic E-state index is 11.8. The second-order valence-electron chi connectivity index (χ2n) is 5.16. The third-order valence-electron chi connectivity index (χ3n) is 2.45. The molecular weight excluding hydrogens is 248 g/mol. The number of carbonyl (C=O) groups excluding carboxylic acids is 1. The summed E-state index contributed by atoms with van der Waals surface area (Å²) < 4.78 is 0. The number of rotatable bonds is 5. The number of nitrogens with one attached hydrogen (secondary N) is 1. The molecule has 1 atom stereocenters. The van der Waals surface area contributed by atoms with Crippen LogP contribution in [0, 0.1) is 0 Å². The lowest BCUT2D eigenvalue weighted by Crippen LogP contribution is -2.47. The molecule has 0 fully saturated rings. The Morgan fingerprint density at radius 1 is 1.26 bits per heavy atom. The molecule has 1 unspecified atom stereocenters. The molecule has 0 spiro atoms. The lowest BCUT2D eigenvalue weighted by atomic mass is 10.1. The molecule has 0 aliphatic rings. The van der Waals surface area contributed by atoms with Crippen LogP contribution >= 0.6 is 0 Å². The van der Waals surface area contributed by atoms with Crippen LogP contribution in [0.4, 0.5) is 0 Å². The molecule has 19 heavy (non-hydrogen) atoms. The van der Waals surface area contributed by atoms with E-state index in [2.05, 4.69) is 5.32 Å². The molecule has 106 valence electrons. The van der Waals surface area contributed by atoms with Crippen LogP contribution in [0.25, 0.3) is 0 Å². The molecule has 6 nitrogen and oxygen atoms in total. The summed E-state index contributed by atoms with van der Waals surface area (Å²) in [4.78, 5) is 13.6. The molecule has 4 N–H and O–H groups in total. The van der Waals surface area contributed by atoms with Crippen molar-refractivity contribution in [1.82, 2.24) is 10.2 Å². The Hall–Kier alpha value is -1.79. The third-order valence-corrected chi connectivity index (χ3v) is 2.45. The zero-order valence-electron chi connectivity index (χ0n) is 11.3. The van der Waals surface area contributed by atoms with Gasteiger partial charge in [-0.2, -0.15) is 0 Å². The predicted octanol–water partition coefficient (Wildman–Crippen LogP) is 0.140. The first-order valence-electron chi connectivity index (χ1n) is 5.88. The molecule has 0 bridgehead atoms. The third kappa shape index (κ3) is 5.15. The van der Waals surface area contributed by atoms with Gasteiger partial charge in [0.05, 0.1) is 5.60 Å². The van der Waals surface area contributed by atoms with Crippen molar-refractivity contribution in [2.75, 3.05) is 27.2 Å². The van der Waals surface area contributed by atoms with Gasteiger partial charge in [0.25, 0.3) is 5.91 Å². The van der Waals surface area contributed by atoms with E-state index in [1.165, 1.54) is 12.1 Å². The van der Waals surface area contributed by atoms with Gasteiger partial charge in [0, 0.05) is 24.7 Å². The zero-order chi connectivity index (χ0) is 14.6. The highest BCUT2D eigenvalue weighted by atomic mass is 16.3. The summed E-state index contributed by atoms with van der Waals surface area (Å²) in [6, 6.07) is 3.63. The number of carbonyl (C=O) groups is 1. The number of hydrogen-bond acceptors (Lipinski definition) is 5. The highest BCUT2D eigenvalue weighted by molar-refractivity contribution is 5.95. The average Bonchev–Trinajstić information content (AvgIpc) is 2.22. The first kappa shape index (κ1) is 15.3. The van der Waals surface area contributed by atoms with Gasteiger partial charge in [0.15, 0.2) is 0 Å². The van der Waals surface area contributed by atoms with Crippen LogP contribution < -0.4 is 5.32 Å². The number of benzene rings is 1. The summed E-state index contributed by atoms with van der Waals surface area (Å²) in [5.41, 5.74) is -0.920. The fourth-order valence-corrected chi connectivity index (χ4v) is 1.84. The molecule has 1 rings (SSSR count). The minimum atomic E-state index is -1.06. The van der Waals surface area contributed by atoms with E-state index >= 15 is 0 Å². The number of phenolic OH excluding ortho intramolecular Hbond substituents is 2. The number of phenols is 2. The van der Waals surface area contributed by atoms with Crippen LogP contribution in [0.2, 0.25) is 0 Å². The van der Waals surface area contributed by atoms with Crippen molar-refractivity contribution < 1.29 is 20.1 Å².